The molecule has 1 N–H and O–H groups in total. The average molecular weight is 570 g/mol. The van der Waals surface area contributed by atoms with Crippen LogP contribution in [0.25, 0.3) is 42.3 Å². The van der Waals surface area contributed by atoms with E-state index in [1.807, 2.05) is 0 Å². The second-order valence-corrected chi connectivity index (χ2v) is 10.3. The van der Waals surface area contributed by atoms with Crippen LogP contribution in [0.5, 0.6) is 11.5 Å². The van der Waals surface area contributed by atoms with Gasteiger partial charge in [0, 0.05) is 31.4 Å². The number of para-hydroxylation sites is 1. The van der Waals surface area contributed by atoms with Crippen LogP contribution in [-0.2, 0) is 20.8 Å². The Labute approximate surface area is 252 Å². The Hall–Kier alpha value is -0.870. The average Bonchev–Trinajstić information content (AvgIpc) is 3.24. The predicted octanol–water partition coefficient (Wildman–Crippen LogP) is -1.46. The van der Waals surface area contributed by atoms with Gasteiger partial charge in [0.1, 0.15) is 5.69 Å². The standard InChI is InChI=1S/C20H12ClNO8S3.2Na/c21-13-6-3-4-10-8-9-12-18(30-33(26,27)28)20(31-19(12)15(10)13)16-17(29-32(23,24)25)11-5-1-2-7-14(11)22-16;;/h1-9,22H,(H,23,24,25)(H,26,27,28);;/q;2*+1/p-2. The van der Waals surface area contributed by atoms with Crippen LogP contribution in [0, 0.1) is 0 Å². The van der Waals surface area contributed by atoms with E-state index in [2.05, 4.69) is 4.98 Å². The first-order valence-electron chi connectivity index (χ1n) is 9.07. The molecule has 0 aliphatic rings. The number of aromatic amines is 1. The molecule has 0 amide bonds. The second-order valence-electron chi connectivity index (χ2n) is 6.90. The Kier molecular flexibility index (Phi) is 8.59. The topological polar surface area (TPSA) is 149 Å². The summed E-state index contributed by atoms with van der Waals surface area (Å²) < 4.78 is 79.0. The monoisotopic (exact) mass is 569 g/mol. The number of fused-ring (bicyclic) bond motifs is 4. The molecular formula is C20H10ClNNa2O8S3. The van der Waals surface area contributed by atoms with Crippen molar-refractivity contribution in [3.05, 3.63) is 59.6 Å². The minimum absolute atomic E-state index is 0. The zero-order valence-corrected chi connectivity index (χ0v) is 25.3. The molecular weight excluding hydrogens is 560 g/mol. The number of halogens is 1. The van der Waals surface area contributed by atoms with Gasteiger partial charge in [-0.3, -0.25) is 0 Å². The number of aromatic nitrogens is 1. The van der Waals surface area contributed by atoms with Gasteiger partial charge in [0.2, 0.25) is 0 Å². The van der Waals surface area contributed by atoms with Crippen molar-refractivity contribution in [1.29, 1.82) is 0 Å². The van der Waals surface area contributed by atoms with Gasteiger partial charge >= 0.3 is 59.1 Å². The number of benzene rings is 3. The summed E-state index contributed by atoms with van der Waals surface area (Å²) in [4.78, 5) is 2.96. The Balaban J connectivity index is 0.00000171. The Morgan fingerprint density at radius 2 is 1.46 bits per heavy atom. The van der Waals surface area contributed by atoms with E-state index < -0.39 is 20.8 Å². The van der Waals surface area contributed by atoms with Crippen molar-refractivity contribution in [2.45, 2.75) is 0 Å². The molecule has 0 aliphatic carbocycles. The molecule has 5 rings (SSSR count). The first-order valence-corrected chi connectivity index (χ1v) is 12.9. The zero-order valence-electron chi connectivity index (χ0n) is 18.1. The number of thiophene rings is 1. The number of rotatable bonds is 5. The number of H-pyrrole nitrogens is 1. The Bertz CT molecular complexity index is 1800. The summed E-state index contributed by atoms with van der Waals surface area (Å²) in [5, 5.41) is 2.20. The molecule has 3 aromatic carbocycles. The van der Waals surface area contributed by atoms with Crippen molar-refractivity contribution in [2.75, 3.05) is 0 Å². The molecule has 35 heavy (non-hydrogen) atoms. The number of hydrogen-bond acceptors (Lipinski definition) is 9. The SMILES string of the molecule is O=S(=O)([O-])Oc1c(-c2sc3c(ccc4cccc(Cl)c43)c2OS(=O)(=O)[O-])[nH]c2ccccc12.[Na+].[Na+]. The van der Waals surface area contributed by atoms with Gasteiger partial charge in [-0.05, 0) is 29.7 Å². The first kappa shape index (κ1) is 28.7. The molecule has 2 aromatic heterocycles. The Morgan fingerprint density at radius 1 is 0.800 bits per heavy atom. The Morgan fingerprint density at radius 3 is 2.14 bits per heavy atom. The van der Waals surface area contributed by atoms with Crippen molar-refractivity contribution in [2.24, 2.45) is 0 Å². The fourth-order valence-corrected chi connectivity index (χ4v) is 6.11. The summed E-state index contributed by atoms with van der Waals surface area (Å²) in [7, 11) is -10.4. The molecule has 2 heterocycles. The fourth-order valence-electron chi connectivity index (χ4n) is 3.67. The number of hydrogen-bond donors (Lipinski definition) is 1. The minimum Gasteiger partial charge on any atom is -0.716 e. The summed E-state index contributed by atoms with van der Waals surface area (Å²) in [6.07, 6.45) is 0. The summed E-state index contributed by atoms with van der Waals surface area (Å²) in [5.74, 6) is -0.692. The van der Waals surface area contributed by atoms with Gasteiger partial charge in [-0.15, -0.1) is 11.3 Å². The molecule has 0 aliphatic heterocycles. The summed E-state index contributed by atoms with van der Waals surface area (Å²) >= 11 is 7.39. The molecule has 0 saturated carbocycles. The van der Waals surface area contributed by atoms with Gasteiger partial charge in [0.25, 0.3) is 20.8 Å². The molecule has 9 nitrogen and oxygen atoms in total. The van der Waals surface area contributed by atoms with E-state index in [0.29, 0.717) is 20.6 Å². The van der Waals surface area contributed by atoms with Gasteiger partial charge in [-0.25, -0.2) is 16.8 Å². The third-order valence-corrected chi connectivity index (χ3v) is 7.14. The van der Waals surface area contributed by atoms with E-state index in [0.717, 1.165) is 16.7 Å². The third-order valence-electron chi connectivity index (χ3n) is 4.86. The van der Waals surface area contributed by atoms with Crippen LogP contribution in [0.4, 0.5) is 0 Å². The normalized spacial score (nSPS) is 11.9. The predicted molar refractivity (Wildman–Crippen MR) is 122 cm³/mol. The number of nitrogens with one attached hydrogen (secondary N) is 1. The summed E-state index contributed by atoms with van der Waals surface area (Å²) in [6.45, 7) is 0. The van der Waals surface area contributed by atoms with Crippen LogP contribution in [0.2, 0.25) is 5.02 Å². The maximum absolute atomic E-state index is 11.6. The van der Waals surface area contributed by atoms with Crippen LogP contribution in [0.3, 0.4) is 0 Å². The van der Waals surface area contributed by atoms with Gasteiger partial charge in [0.15, 0.2) is 11.5 Å². The first-order chi connectivity index (χ1) is 15.5. The fraction of sp³-hybridized carbons (Fsp3) is 0. The molecule has 0 fully saturated rings. The van der Waals surface area contributed by atoms with Crippen LogP contribution in [0.1, 0.15) is 0 Å². The summed E-state index contributed by atoms with van der Waals surface area (Å²) in [6, 6.07) is 14.8. The van der Waals surface area contributed by atoms with Crippen molar-refractivity contribution in [3.63, 3.8) is 0 Å². The smallest absolute Gasteiger partial charge is 0.716 e. The van der Waals surface area contributed by atoms with Crippen molar-refractivity contribution < 1.29 is 93.4 Å². The van der Waals surface area contributed by atoms with Crippen LogP contribution < -0.4 is 67.5 Å². The van der Waals surface area contributed by atoms with Crippen molar-refractivity contribution >= 4 is 75.5 Å². The van der Waals surface area contributed by atoms with Crippen LogP contribution in [0.15, 0.2) is 54.6 Å². The van der Waals surface area contributed by atoms with E-state index in [4.69, 9.17) is 20.0 Å². The molecule has 0 atom stereocenters. The van der Waals surface area contributed by atoms with Gasteiger partial charge in [-0.1, -0.05) is 41.9 Å². The minimum atomic E-state index is -5.22. The second kappa shape index (κ2) is 10.5. The van der Waals surface area contributed by atoms with E-state index in [-0.39, 0.29) is 92.0 Å². The quantitative estimate of drug-likeness (QED) is 0.153. The van der Waals surface area contributed by atoms with Crippen LogP contribution >= 0.6 is 22.9 Å². The van der Waals surface area contributed by atoms with Crippen molar-refractivity contribution in [3.8, 4) is 22.1 Å². The maximum Gasteiger partial charge on any atom is 1.00 e. The van der Waals surface area contributed by atoms with E-state index in [1.54, 1.807) is 48.5 Å². The van der Waals surface area contributed by atoms with Gasteiger partial charge < -0.3 is 22.5 Å². The molecule has 5 aromatic rings. The van der Waals surface area contributed by atoms with E-state index >= 15 is 0 Å². The van der Waals surface area contributed by atoms with Crippen molar-refractivity contribution in [1.82, 2.24) is 4.98 Å². The third kappa shape index (κ3) is 5.69. The molecule has 0 saturated heterocycles. The van der Waals surface area contributed by atoms with Gasteiger partial charge in [0.05, 0.1) is 4.88 Å². The molecule has 0 bridgehead atoms. The van der Waals surface area contributed by atoms with E-state index in [1.165, 1.54) is 6.07 Å². The summed E-state index contributed by atoms with van der Waals surface area (Å²) in [5.41, 5.74) is 0.359. The molecule has 15 heteroatoms. The molecule has 0 radical (unpaired) electrons. The molecule has 0 unspecified atom stereocenters. The molecule has 170 valence electrons. The van der Waals surface area contributed by atoms with Gasteiger partial charge in [-0.2, -0.15) is 0 Å². The van der Waals surface area contributed by atoms with Crippen LogP contribution in [-0.4, -0.2) is 30.9 Å². The maximum atomic E-state index is 11.6. The zero-order chi connectivity index (χ0) is 23.5. The largest absolute Gasteiger partial charge is 1.00 e. The van der Waals surface area contributed by atoms with E-state index in [9.17, 15) is 25.9 Å². The molecule has 0 spiro atoms.